The van der Waals surface area contributed by atoms with Gasteiger partial charge in [0.15, 0.2) is 17.3 Å². The third-order valence-electron chi connectivity index (χ3n) is 8.75. The Morgan fingerprint density at radius 1 is 0.535 bits per heavy atom. The second-order valence-electron chi connectivity index (χ2n) is 11.3. The van der Waals surface area contributed by atoms with Gasteiger partial charge in [0.25, 0.3) is 0 Å². The number of hydrogen-bond acceptors (Lipinski definition) is 6. The van der Waals surface area contributed by atoms with E-state index < -0.39 is 5.66 Å². The minimum Gasteiger partial charge on any atom is -0.342 e. The summed E-state index contributed by atoms with van der Waals surface area (Å²) in [6, 6.07) is 33.1. The zero-order valence-corrected chi connectivity index (χ0v) is 23.9. The maximum absolute atomic E-state index is 5.43. The van der Waals surface area contributed by atoms with Crippen LogP contribution in [0.4, 0.5) is 11.6 Å². The molecule has 0 radical (unpaired) electrons. The van der Waals surface area contributed by atoms with Crippen molar-refractivity contribution in [2.45, 2.75) is 12.6 Å². The van der Waals surface area contributed by atoms with E-state index in [1.807, 2.05) is 56.6 Å². The lowest BCUT2D eigenvalue weighted by Crippen LogP contribution is -2.38. The van der Waals surface area contributed by atoms with Crippen molar-refractivity contribution < 1.29 is 0 Å². The largest absolute Gasteiger partial charge is 0.342 e. The first-order chi connectivity index (χ1) is 21.0. The number of aromatic nitrogens is 2. The summed E-state index contributed by atoms with van der Waals surface area (Å²) in [6.45, 7) is 2.11. The van der Waals surface area contributed by atoms with Crippen molar-refractivity contribution in [1.29, 1.82) is 0 Å². The molecular formula is C35H26N8. The molecule has 0 saturated carbocycles. The van der Waals surface area contributed by atoms with Gasteiger partial charge in [0.2, 0.25) is 0 Å². The minimum absolute atomic E-state index is 0.632. The predicted octanol–water partition coefficient (Wildman–Crippen LogP) is 5.32. The molecule has 5 heterocycles. The summed E-state index contributed by atoms with van der Waals surface area (Å²) >= 11 is 0. The summed E-state index contributed by atoms with van der Waals surface area (Å²) in [5, 5.41) is 7.77. The van der Waals surface area contributed by atoms with Gasteiger partial charge in [-0.2, -0.15) is 0 Å². The van der Waals surface area contributed by atoms with Crippen molar-refractivity contribution in [2.24, 2.45) is 39.1 Å². The first kappa shape index (κ1) is 24.0. The van der Waals surface area contributed by atoms with E-state index in [1.54, 1.807) is 0 Å². The van der Waals surface area contributed by atoms with Gasteiger partial charge in [-0.15, -0.1) is 0 Å². The number of aliphatic imine (C=N–C) groups is 3. The highest BCUT2D eigenvalue weighted by Crippen LogP contribution is 2.40. The highest BCUT2D eigenvalue weighted by atomic mass is 15.2. The monoisotopic (exact) mass is 558 g/mol. The molecule has 8 bridgehead atoms. The second-order valence-corrected chi connectivity index (χ2v) is 11.3. The number of benzene rings is 4. The molecule has 0 fully saturated rings. The molecule has 1 atom stereocenters. The smallest absolute Gasteiger partial charge is 0.164 e. The Hall–Kier alpha value is -5.63. The first-order valence-corrected chi connectivity index (χ1v) is 14.3. The maximum Gasteiger partial charge on any atom is 0.164 e. The lowest BCUT2D eigenvalue weighted by atomic mass is 10.0. The summed E-state index contributed by atoms with van der Waals surface area (Å²) in [4.78, 5) is 26.1. The maximum atomic E-state index is 5.43. The molecule has 8 heteroatoms. The van der Waals surface area contributed by atoms with Gasteiger partial charge in [0.1, 0.15) is 28.4 Å². The molecule has 3 aliphatic heterocycles. The molecule has 9 rings (SSSR count). The van der Waals surface area contributed by atoms with Crippen LogP contribution in [0.25, 0.3) is 21.5 Å². The van der Waals surface area contributed by atoms with Crippen molar-refractivity contribution >= 4 is 50.7 Å². The third-order valence-corrected chi connectivity index (χ3v) is 8.75. The second kappa shape index (κ2) is 8.45. The first-order valence-electron chi connectivity index (χ1n) is 14.3. The van der Waals surface area contributed by atoms with E-state index in [9.17, 15) is 0 Å². The molecule has 0 aliphatic carbocycles. The molecule has 0 amide bonds. The Kier molecular flexibility index (Phi) is 4.72. The van der Waals surface area contributed by atoms with Crippen LogP contribution in [0.2, 0.25) is 0 Å². The average molecular weight is 559 g/mol. The van der Waals surface area contributed by atoms with E-state index in [-0.39, 0.29) is 0 Å². The van der Waals surface area contributed by atoms with Gasteiger partial charge >= 0.3 is 0 Å². The Morgan fingerprint density at radius 3 is 1.77 bits per heavy atom. The topological polar surface area (TPSA) is 83.7 Å². The SMILES string of the molecule is Cn1c2c3ccccc3c1/N=C1\NC(C)(/N=c3/c4ccccc4c(n3C)=NC3=N/C(=N\2)c2ccccc23)c2ccccc21. The van der Waals surface area contributed by atoms with Gasteiger partial charge in [0.05, 0.1) is 0 Å². The number of nitrogens with one attached hydrogen (secondary N) is 1. The van der Waals surface area contributed by atoms with E-state index >= 15 is 0 Å². The van der Waals surface area contributed by atoms with E-state index in [0.717, 1.165) is 72.2 Å². The molecule has 0 saturated heterocycles. The molecule has 4 aromatic carbocycles. The molecule has 0 spiro atoms. The summed E-state index contributed by atoms with van der Waals surface area (Å²) in [6.07, 6.45) is 0. The molecule has 206 valence electrons. The van der Waals surface area contributed by atoms with Gasteiger partial charge in [-0.05, 0) is 6.92 Å². The Balaban J connectivity index is 1.47. The van der Waals surface area contributed by atoms with Crippen LogP contribution in [-0.2, 0) is 19.8 Å². The van der Waals surface area contributed by atoms with Crippen LogP contribution in [-0.4, -0.2) is 26.6 Å². The predicted molar refractivity (Wildman–Crippen MR) is 170 cm³/mol. The lowest BCUT2D eigenvalue weighted by molar-refractivity contribution is 0.458. The van der Waals surface area contributed by atoms with E-state index in [2.05, 4.69) is 76.0 Å². The van der Waals surface area contributed by atoms with Crippen molar-refractivity contribution in [3.05, 3.63) is 130 Å². The number of amidine groups is 3. The molecule has 1 unspecified atom stereocenters. The Labute approximate surface area is 246 Å². The summed E-state index contributed by atoms with van der Waals surface area (Å²) < 4.78 is 4.12. The average Bonchev–Trinajstić information content (AvgIpc) is 3.69. The van der Waals surface area contributed by atoms with Gasteiger partial charge in [-0.3, -0.25) is 0 Å². The molecule has 8 nitrogen and oxygen atoms in total. The fraction of sp³-hybridized carbons (Fsp3) is 0.114. The van der Waals surface area contributed by atoms with Gasteiger partial charge in [-0.1, -0.05) is 97.1 Å². The quantitative estimate of drug-likeness (QED) is 0.269. The number of rotatable bonds is 0. The lowest BCUT2D eigenvalue weighted by Gasteiger charge is -2.21. The highest BCUT2D eigenvalue weighted by molar-refractivity contribution is 6.23. The standard InChI is InChI=1S/C35H26N8/c1-35-27-19-11-10-18-26(27)30(40-35)39-33-23-15-7-6-14-22(23)31(42(33)2)37-28-20-12-4-5-13-21(20)29(36-28)38-32-24-16-8-9-17-25(24)34(41-35)43(32)3/h4-19H,1-3H3,(H,39,40)/b37-28-,38-32?,41-34-. The number of fused-ring (bicyclic) bond motifs is 19. The van der Waals surface area contributed by atoms with E-state index in [1.165, 1.54) is 0 Å². The Morgan fingerprint density at radius 2 is 1.07 bits per heavy atom. The van der Waals surface area contributed by atoms with Gasteiger partial charge in [0, 0.05) is 57.9 Å². The van der Waals surface area contributed by atoms with Crippen molar-refractivity contribution in [3.8, 4) is 0 Å². The third kappa shape index (κ3) is 3.28. The van der Waals surface area contributed by atoms with E-state index in [0.29, 0.717) is 11.7 Å². The van der Waals surface area contributed by atoms with Crippen molar-refractivity contribution in [1.82, 2.24) is 14.5 Å². The summed E-state index contributed by atoms with van der Waals surface area (Å²) in [5.41, 5.74) is 4.87. The fourth-order valence-corrected chi connectivity index (χ4v) is 6.65. The normalized spacial score (nSPS) is 21.5. The molecule has 3 aliphatic rings. The number of hydrogen-bond donors (Lipinski definition) is 1. The molecule has 1 N–H and O–H groups in total. The van der Waals surface area contributed by atoms with Crippen LogP contribution in [0.1, 0.15) is 29.2 Å². The molecule has 2 aromatic heterocycles. The number of nitrogens with zero attached hydrogens (tertiary/aromatic N) is 7. The van der Waals surface area contributed by atoms with Crippen LogP contribution in [0.15, 0.2) is 122 Å². The molecule has 6 aromatic rings. The van der Waals surface area contributed by atoms with Crippen LogP contribution < -0.4 is 16.3 Å². The van der Waals surface area contributed by atoms with Gasteiger partial charge in [-0.25, -0.2) is 25.0 Å². The van der Waals surface area contributed by atoms with Crippen LogP contribution in [0.5, 0.6) is 0 Å². The zero-order chi connectivity index (χ0) is 28.9. The van der Waals surface area contributed by atoms with Gasteiger partial charge < -0.3 is 14.5 Å². The van der Waals surface area contributed by atoms with Crippen LogP contribution in [0.3, 0.4) is 0 Å². The van der Waals surface area contributed by atoms with Crippen molar-refractivity contribution in [3.63, 3.8) is 0 Å². The molecule has 43 heavy (non-hydrogen) atoms. The van der Waals surface area contributed by atoms with E-state index in [4.69, 9.17) is 25.0 Å². The van der Waals surface area contributed by atoms with Crippen LogP contribution >= 0.6 is 0 Å². The highest BCUT2D eigenvalue weighted by Gasteiger charge is 2.38. The zero-order valence-electron chi connectivity index (χ0n) is 23.9. The summed E-state index contributed by atoms with van der Waals surface area (Å²) in [5.74, 6) is 3.65. The Bertz CT molecular complexity index is 2420. The minimum atomic E-state index is -0.759. The van der Waals surface area contributed by atoms with Crippen molar-refractivity contribution in [2.75, 3.05) is 0 Å². The van der Waals surface area contributed by atoms with Crippen LogP contribution in [0, 0.1) is 0 Å². The summed E-state index contributed by atoms with van der Waals surface area (Å²) in [7, 11) is 4.04. The molecular weight excluding hydrogens is 532 g/mol. The fourth-order valence-electron chi connectivity index (χ4n) is 6.65.